The number of aromatic nitrogens is 1. The first-order chi connectivity index (χ1) is 12.6. The minimum absolute atomic E-state index is 0.337. The standard InChI is InChI=1S/C18H20N4O3S/c1-4-7-25-15-6-5-13(8-16(15)24-3)17(23)22-20-10-14(9-19)18-21-12(2)11-26-18/h5-6,8,10-11,20H,4,7H2,1-3H3,(H,22,23)/b14-10+. The highest BCUT2D eigenvalue weighted by molar-refractivity contribution is 7.10. The number of methoxy groups -OCH3 is 1. The SMILES string of the molecule is CCCOc1ccc(C(=O)NN/C=C(\C#N)c2nc(C)cs2)cc1OC. The van der Waals surface area contributed by atoms with Gasteiger partial charge in [-0.1, -0.05) is 6.92 Å². The number of nitrogens with one attached hydrogen (secondary N) is 2. The number of nitriles is 1. The Balaban J connectivity index is 2.03. The second-order valence-electron chi connectivity index (χ2n) is 5.28. The van der Waals surface area contributed by atoms with Crippen LogP contribution in [0.3, 0.4) is 0 Å². The van der Waals surface area contributed by atoms with E-state index in [-0.39, 0.29) is 5.91 Å². The molecule has 0 unspecified atom stereocenters. The van der Waals surface area contributed by atoms with Gasteiger partial charge < -0.3 is 14.9 Å². The summed E-state index contributed by atoms with van der Waals surface area (Å²) < 4.78 is 10.8. The summed E-state index contributed by atoms with van der Waals surface area (Å²) in [5.74, 6) is 0.705. The van der Waals surface area contributed by atoms with E-state index in [0.717, 1.165) is 12.1 Å². The first-order valence-electron chi connectivity index (χ1n) is 7.98. The van der Waals surface area contributed by atoms with Gasteiger partial charge in [-0.05, 0) is 31.5 Å². The summed E-state index contributed by atoms with van der Waals surface area (Å²) in [4.78, 5) is 16.5. The van der Waals surface area contributed by atoms with Gasteiger partial charge in [-0.25, -0.2) is 4.98 Å². The monoisotopic (exact) mass is 372 g/mol. The van der Waals surface area contributed by atoms with Gasteiger partial charge in [0.25, 0.3) is 5.91 Å². The van der Waals surface area contributed by atoms with Crippen molar-refractivity contribution in [1.82, 2.24) is 15.8 Å². The van der Waals surface area contributed by atoms with Gasteiger partial charge >= 0.3 is 0 Å². The fourth-order valence-electron chi connectivity index (χ4n) is 2.01. The molecule has 0 aliphatic rings. The summed E-state index contributed by atoms with van der Waals surface area (Å²) in [7, 11) is 1.52. The summed E-state index contributed by atoms with van der Waals surface area (Å²) in [6.45, 7) is 4.43. The van der Waals surface area contributed by atoms with Crippen molar-refractivity contribution in [2.75, 3.05) is 13.7 Å². The minimum atomic E-state index is -0.366. The van der Waals surface area contributed by atoms with E-state index in [4.69, 9.17) is 9.47 Å². The first kappa shape index (κ1) is 19.3. The Kier molecular flexibility index (Phi) is 7.00. The van der Waals surface area contributed by atoms with Gasteiger partial charge in [0.1, 0.15) is 16.6 Å². The van der Waals surface area contributed by atoms with E-state index in [0.29, 0.717) is 34.3 Å². The minimum Gasteiger partial charge on any atom is -0.493 e. The fourth-order valence-corrected chi connectivity index (χ4v) is 2.77. The lowest BCUT2D eigenvalue weighted by atomic mass is 10.2. The van der Waals surface area contributed by atoms with Crippen molar-refractivity contribution in [2.45, 2.75) is 20.3 Å². The van der Waals surface area contributed by atoms with Crippen molar-refractivity contribution >= 4 is 22.8 Å². The molecule has 1 amide bonds. The lowest BCUT2D eigenvalue weighted by molar-refractivity contribution is 0.0940. The van der Waals surface area contributed by atoms with Crippen LogP contribution in [0.5, 0.6) is 11.5 Å². The fraction of sp³-hybridized carbons (Fsp3) is 0.278. The predicted molar refractivity (Wildman–Crippen MR) is 99.8 cm³/mol. The van der Waals surface area contributed by atoms with E-state index >= 15 is 0 Å². The molecule has 2 aromatic rings. The normalized spacial score (nSPS) is 10.8. The average Bonchev–Trinajstić information content (AvgIpc) is 3.09. The van der Waals surface area contributed by atoms with E-state index in [9.17, 15) is 10.1 Å². The number of carbonyl (C=O) groups excluding carboxylic acids is 1. The molecule has 0 aliphatic carbocycles. The number of aryl methyl sites for hydroxylation is 1. The number of thiazole rings is 1. The molecule has 1 aromatic carbocycles. The van der Waals surface area contributed by atoms with Gasteiger partial charge in [0.15, 0.2) is 11.5 Å². The van der Waals surface area contributed by atoms with Crippen molar-refractivity contribution in [3.05, 3.63) is 46.0 Å². The molecule has 0 radical (unpaired) electrons. The lowest BCUT2D eigenvalue weighted by Crippen LogP contribution is -2.33. The van der Waals surface area contributed by atoms with Gasteiger partial charge in [-0.3, -0.25) is 10.2 Å². The zero-order valence-corrected chi connectivity index (χ0v) is 15.6. The lowest BCUT2D eigenvalue weighted by Gasteiger charge is -2.11. The molecule has 26 heavy (non-hydrogen) atoms. The molecule has 8 heteroatoms. The number of hydrazine groups is 1. The smallest absolute Gasteiger partial charge is 0.269 e. The van der Waals surface area contributed by atoms with E-state index in [1.807, 2.05) is 25.3 Å². The van der Waals surface area contributed by atoms with E-state index in [2.05, 4.69) is 15.8 Å². The Labute approximate surface area is 156 Å². The second kappa shape index (κ2) is 9.44. The maximum absolute atomic E-state index is 12.3. The molecule has 1 heterocycles. The number of ether oxygens (including phenoxy) is 2. The number of amides is 1. The van der Waals surface area contributed by atoms with Crippen LogP contribution in [0.25, 0.3) is 5.57 Å². The third-order valence-electron chi connectivity index (χ3n) is 3.26. The van der Waals surface area contributed by atoms with Crippen molar-refractivity contribution < 1.29 is 14.3 Å². The highest BCUT2D eigenvalue weighted by Gasteiger charge is 2.11. The van der Waals surface area contributed by atoms with E-state index in [1.165, 1.54) is 24.6 Å². The Morgan fingerprint density at radius 2 is 2.23 bits per heavy atom. The molecule has 0 fully saturated rings. The van der Waals surface area contributed by atoms with Gasteiger partial charge in [-0.2, -0.15) is 5.26 Å². The maximum Gasteiger partial charge on any atom is 0.269 e. The maximum atomic E-state index is 12.3. The molecule has 136 valence electrons. The van der Waals surface area contributed by atoms with Gasteiger partial charge in [-0.15, -0.1) is 11.3 Å². The summed E-state index contributed by atoms with van der Waals surface area (Å²) in [6, 6.07) is 6.98. The van der Waals surface area contributed by atoms with Crippen LogP contribution in [0.4, 0.5) is 0 Å². The number of hydrogen-bond acceptors (Lipinski definition) is 7. The van der Waals surface area contributed by atoms with Crippen molar-refractivity contribution in [3.8, 4) is 17.6 Å². The zero-order chi connectivity index (χ0) is 18.9. The third-order valence-corrected chi connectivity index (χ3v) is 4.25. The predicted octanol–water partition coefficient (Wildman–Crippen LogP) is 3.05. The Morgan fingerprint density at radius 1 is 1.42 bits per heavy atom. The van der Waals surface area contributed by atoms with Crippen LogP contribution in [-0.2, 0) is 0 Å². The number of allylic oxidation sites excluding steroid dienone is 1. The quantitative estimate of drug-likeness (QED) is 0.546. The highest BCUT2D eigenvalue weighted by atomic mass is 32.1. The molecule has 0 bridgehead atoms. The third kappa shape index (κ3) is 4.97. The second-order valence-corrected chi connectivity index (χ2v) is 6.13. The van der Waals surface area contributed by atoms with Gasteiger partial charge in [0.05, 0.1) is 13.7 Å². The number of rotatable bonds is 8. The van der Waals surface area contributed by atoms with Crippen LogP contribution in [0.15, 0.2) is 29.8 Å². The summed E-state index contributed by atoms with van der Waals surface area (Å²) >= 11 is 1.37. The topological polar surface area (TPSA) is 96.3 Å². The van der Waals surface area contributed by atoms with Crippen molar-refractivity contribution in [3.63, 3.8) is 0 Å². The summed E-state index contributed by atoms with van der Waals surface area (Å²) in [5.41, 5.74) is 6.73. The number of benzene rings is 1. The number of nitrogens with zero attached hydrogens (tertiary/aromatic N) is 2. The molecule has 7 nitrogen and oxygen atoms in total. The highest BCUT2D eigenvalue weighted by Crippen LogP contribution is 2.28. The van der Waals surface area contributed by atoms with E-state index < -0.39 is 0 Å². The van der Waals surface area contributed by atoms with Crippen LogP contribution >= 0.6 is 11.3 Å². The first-order valence-corrected chi connectivity index (χ1v) is 8.86. The van der Waals surface area contributed by atoms with Crippen molar-refractivity contribution in [2.24, 2.45) is 0 Å². The van der Waals surface area contributed by atoms with Gasteiger partial charge in [0.2, 0.25) is 0 Å². The van der Waals surface area contributed by atoms with E-state index in [1.54, 1.807) is 18.2 Å². The largest absolute Gasteiger partial charge is 0.493 e. The molecule has 0 saturated heterocycles. The molecule has 0 atom stereocenters. The Morgan fingerprint density at radius 3 is 2.85 bits per heavy atom. The molecular formula is C18H20N4O3S. The number of carbonyl (C=O) groups is 1. The average molecular weight is 372 g/mol. The van der Waals surface area contributed by atoms with Crippen LogP contribution in [0.2, 0.25) is 0 Å². The molecule has 1 aromatic heterocycles. The zero-order valence-electron chi connectivity index (χ0n) is 14.8. The summed E-state index contributed by atoms with van der Waals surface area (Å²) in [6.07, 6.45) is 2.29. The molecule has 2 rings (SSSR count). The summed E-state index contributed by atoms with van der Waals surface area (Å²) in [5, 5.41) is 11.6. The van der Waals surface area contributed by atoms with Crippen molar-refractivity contribution in [1.29, 1.82) is 5.26 Å². The van der Waals surface area contributed by atoms with Crippen LogP contribution < -0.4 is 20.3 Å². The van der Waals surface area contributed by atoms with Crippen LogP contribution in [0, 0.1) is 18.3 Å². The van der Waals surface area contributed by atoms with Crippen LogP contribution in [0.1, 0.15) is 34.4 Å². The Bertz CT molecular complexity index is 839. The molecule has 0 saturated carbocycles. The molecule has 0 spiro atoms. The molecule has 2 N–H and O–H groups in total. The molecule has 0 aliphatic heterocycles. The molecular weight excluding hydrogens is 352 g/mol. The number of hydrogen-bond donors (Lipinski definition) is 2. The van der Waals surface area contributed by atoms with Crippen LogP contribution in [-0.4, -0.2) is 24.6 Å². The Hall–Kier alpha value is -3.05. The van der Waals surface area contributed by atoms with Gasteiger partial charge in [0, 0.05) is 22.8 Å².